The van der Waals surface area contributed by atoms with E-state index in [1.165, 1.54) is 0 Å². The molecule has 4 aliphatic rings. The fourth-order valence-corrected chi connectivity index (χ4v) is 16.2. The third kappa shape index (κ3) is 20.3. The summed E-state index contributed by atoms with van der Waals surface area (Å²) in [5.41, 5.74) is 17.7. The van der Waals surface area contributed by atoms with Gasteiger partial charge in [-0.3, -0.25) is 14.6 Å². The number of halogens is 4. The number of fused-ring (bicyclic) bond motifs is 2. The van der Waals surface area contributed by atoms with Gasteiger partial charge in [-0.2, -0.15) is 0 Å². The van der Waals surface area contributed by atoms with Crippen molar-refractivity contribution in [2.45, 2.75) is 143 Å². The van der Waals surface area contributed by atoms with Crippen LogP contribution >= 0.6 is 46.4 Å². The highest BCUT2D eigenvalue weighted by molar-refractivity contribution is 7.91. The van der Waals surface area contributed by atoms with E-state index in [2.05, 4.69) is 25.2 Å². The molecule has 88 heavy (non-hydrogen) atoms. The highest BCUT2D eigenvalue weighted by atomic mass is 35.5. The van der Waals surface area contributed by atoms with Gasteiger partial charge in [-0.25, -0.2) is 26.4 Å². The van der Waals surface area contributed by atoms with Crippen molar-refractivity contribution in [2.75, 3.05) is 104 Å². The summed E-state index contributed by atoms with van der Waals surface area (Å²) >= 11 is 26.2. The fourth-order valence-electron chi connectivity index (χ4n) is 12.2. The lowest BCUT2D eigenvalue weighted by Crippen LogP contribution is -2.49. The number of nitrogens with one attached hydrogen (secondary N) is 3. The van der Waals surface area contributed by atoms with Crippen LogP contribution in [0.2, 0.25) is 20.1 Å². The predicted octanol–water partition coefficient (Wildman–Crippen LogP) is 9.27. The van der Waals surface area contributed by atoms with Crippen LogP contribution in [0.3, 0.4) is 0 Å². The number of sulfone groups is 1. The number of aryl methyl sites for hydroxylation is 2. The number of sulfonamides is 1. The monoisotopic (exact) mass is 1340 g/mol. The van der Waals surface area contributed by atoms with Gasteiger partial charge in [-0.15, -0.1) is 0 Å². The van der Waals surface area contributed by atoms with Gasteiger partial charge in [0, 0.05) is 102 Å². The molecule has 486 valence electrons. The van der Waals surface area contributed by atoms with E-state index in [0.717, 1.165) is 93.4 Å². The quantitative estimate of drug-likeness (QED) is 0.0269. The van der Waals surface area contributed by atoms with E-state index in [0.29, 0.717) is 114 Å². The Balaban J connectivity index is 0.592. The standard InChI is InChI=1S/C63H87Cl4N7O12S2/c1-42-32-49(85-61-53-34-44(64)36-55(66)51(53)38-57(61)73-21-6-10-46(68)40-73)14-16-59(42)87(77,78)31-9-24-82-28-29-83-25-19-71-63(76)70-18-5-3-4-12-48(75)13-8-23-81-27-30-84-26-20-72-88(79,80)60-17-15-50(33-43(60)2)86-62-54-35-45(65)37-56(67)52(54)39-58(62)74-22-7-11-47(69)41-74/h14-17,32-37,46-47,57-58,61-62,72H,3-13,18-31,38-41,68-69H2,1-2H3,(H2,70,71,76)/t46-,47-,57+,58+,61+,62+/m1/s1. The van der Waals surface area contributed by atoms with Gasteiger partial charge in [-0.05, 0) is 174 Å². The molecule has 2 aliphatic carbocycles. The summed E-state index contributed by atoms with van der Waals surface area (Å²) in [4.78, 5) is 29.8. The number of ketones is 1. The number of hydrogen-bond acceptors (Lipinski definition) is 16. The van der Waals surface area contributed by atoms with Crippen LogP contribution in [0.4, 0.5) is 4.79 Å². The molecule has 4 aromatic carbocycles. The van der Waals surface area contributed by atoms with Crippen molar-refractivity contribution < 1.29 is 54.8 Å². The highest BCUT2D eigenvalue weighted by Crippen LogP contribution is 2.45. The second kappa shape index (κ2) is 34.1. The van der Waals surface area contributed by atoms with Crippen LogP contribution in [-0.4, -0.2) is 167 Å². The van der Waals surface area contributed by atoms with E-state index in [9.17, 15) is 26.4 Å². The average Bonchev–Trinajstić information content (AvgIpc) is 2.39. The smallest absolute Gasteiger partial charge is 0.314 e. The third-order valence-electron chi connectivity index (χ3n) is 16.6. The maximum Gasteiger partial charge on any atom is 0.314 e. The Morgan fingerprint density at radius 3 is 1.59 bits per heavy atom. The van der Waals surface area contributed by atoms with Crippen LogP contribution < -0.4 is 36.3 Å². The van der Waals surface area contributed by atoms with Crippen LogP contribution in [0.1, 0.15) is 116 Å². The first-order valence-electron chi connectivity index (χ1n) is 30.8. The molecule has 0 unspecified atom stereocenters. The van der Waals surface area contributed by atoms with Gasteiger partial charge >= 0.3 is 6.03 Å². The largest absolute Gasteiger partial charge is 0.484 e. The van der Waals surface area contributed by atoms with Crippen molar-refractivity contribution in [3.05, 3.63) is 114 Å². The van der Waals surface area contributed by atoms with E-state index >= 15 is 0 Å². The van der Waals surface area contributed by atoms with E-state index in [1.807, 2.05) is 12.1 Å². The molecule has 0 saturated carbocycles. The molecule has 0 aromatic heterocycles. The summed E-state index contributed by atoms with van der Waals surface area (Å²) < 4.78 is 91.6. The lowest BCUT2D eigenvalue weighted by Gasteiger charge is -2.38. The number of nitrogens with two attached hydrogens (primary N) is 2. The normalized spacial score (nSPS) is 20.6. The Hall–Kier alpha value is -3.88. The number of rotatable bonds is 35. The number of likely N-dealkylation sites (tertiary alicyclic amines) is 2. The third-order valence-corrected chi connectivity index (χ3v) is 21.3. The zero-order chi connectivity index (χ0) is 62.8. The molecule has 7 N–H and O–H groups in total. The summed E-state index contributed by atoms with van der Waals surface area (Å²) in [7, 11) is -7.42. The second-order valence-electron chi connectivity index (χ2n) is 23.3. The molecule has 25 heteroatoms. The Kier molecular flexibility index (Phi) is 27.2. The molecule has 0 radical (unpaired) electrons. The molecule has 6 atom stereocenters. The van der Waals surface area contributed by atoms with Crippen LogP contribution in [0, 0.1) is 13.8 Å². The topological polar surface area (TPSA) is 252 Å². The van der Waals surface area contributed by atoms with Crippen LogP contribution in [0.25, 0.3) is 0 Å². The number of piperidine rings is 2. The van der Waals surface area contributed by atoms with Crippen molar-refractivity contribution in [2.24, 2.45) is 11.5 Å². The maximum absolute atomic E-state index is 13.4. The minimum atomic E-state index is -3.83. The van der Waals surface area contributed by atoms with Gasteiger partial charge in [-0.1, -0.05) is 52.8 Å². The molecule has 2 amide bonds. The van der Waals surface area contributed by atoms with Crippen LogP contribution in [-0.2, 0) is 56.4 Å². The van der Waals surface area contributed by atoms with Crippen molar-refractivity contribution in [1.29, 1.82) is 0 Å². The first-order valence-corrected chi connectivity index (χ1v) is 35.5. The summed E-state index contributed by atoms with van der Waals surface area (Å²) in [5, 5.41) is 7.85. The van der Waals surface area contributed by atoms with Crippen LogP contribution in [0.15, 0.2) is 70.5 Å². The van der Waals surface area contributed by atoms with Gasteiger partial charge in [0.25, 0.3) is 0 Å². The zero-order valence-electron chi connectivity index (χ0n) is 50.5. The Morgan fingerprint density at radius 2 is 1.06 bits per heavy atom. The number of nitrogens with zero attached hydrogens (tertiary/aromatic N) is 2. The Morgan fingerprint density at radius 1 is 0.568 bits per heavy atom. The summed E-state index contributed by atoms with van der Waals surface area (Å²) in [6.45, 7) is 9.98. The molecule has 2 saturated heterocycles. The number of hydrogen-bond donors (Lipinski definition) is 5. The number of amides is 2. The molecule has 0 spiro atoms. The van der Waals surface area contributed by atoms with Gasteiger partial charge < -0.3 is 50.5 Å². The van der Waals surface area contributed by atoms with E-state index in [4.69, 9.17) is 86.3 Å². The van der Waals surface area contributed by atoms with Crippen molar-refractivity contribution in [3.63, 3.8) is 0 Å². The summed E-state index contributed by atoms with van der Waals surface area (Å²) in [6.07, 6.45) is 8.72. The molecule has 2 fully saturated rings. The Labute approximate surface area is 539 Å². The molecule has 4 aromatic rings. The predicted molar refractivity (Wildman–Crippen MR) is 344 cm³/mol. The molecule has 2 aliphatic heterocycles. The fraction of sp³-hybridized carbons (Fsp3) is 0.587. The second-order valence-corrected chi connectivity index (χ2v) is 28.8. The molecule has 2 heterocycles. The van der Waals surface area contributed by atoms with E-state index in [-0.39, 0.29) is 103 Å². The van der Waals surface area contributed by atoms with Crippen LogP contribution in [0.5, 0.6) is 11.5 Å². The number of Topliss-reactive ketones (excluding diaryl/α,β-unsaturated/α-hetero) is 1. The SMILES string of the molecule is Cc1cc(O[C@H]2c3cc(Cl)cc(Cl)c3C[C@@H]2N2CCC[C@@H](N)C2)ccc1S(=O)(=O)CCCOCCOCCNC(=O)NCCCCCC(=O)CCCOCCOCCNS(=O)(=O)c1ccc(O[C@H]2c3cc(Cl)cc(Cl)c3C[C@@H]2N2CCC[C@@H](N)C2)cc1C. The molecular formula is C63H87Cl4N7O12S2. The summed E-state index contributed by atoms with van der Waals surface area (Å²) in [6, 6.07) is 17.3. The number of carbonyl (C=O) groups is 2. The molecular weight excluding hydrogens is 1250 g/mol. The minimum absolute atomic E-state index is 0.00626. The zero-order valence-corrected chi connectivity index (χ0v) is 55.2. The van der Waals surface area contributed by atoms with Crippen molar-refractivity contribution in [3.8, 4) is 11.5 Å². The number of unbranched alkanes of at least 4 members (excludes halogenated alkanes) is 2. The number of benzene rings is 4. The van der Waals surface area contributed by atoms with Gasteiger partial charge in [0.15, 0.2) is 9.84 Å². The Bertz CT molecular complexity index is 3000. The minimum Gasteiger partial charge on any atom is -0.484 e. The maximum atomic E-state index is 13.4. The number of carbonyl (C=O) groups excluding carboxylic acids is 2. The van der Waals surface area contributed by atoms with E-state index < -0.39 is 19.9 Å². The number of urea groups is 1. The first-order chi connectivity index (χ1) is 42.3. The lowest BCUT2D eigenvalue weighted by atomic mass is 10.0. The van der Waals surface area contributed by atoms with Gasteiger partial charge in [0.2, 0.25) is 10.0 Å². The summed E-state index contributed by atoms with van der Waals surface area (Å²) in [5.74, 6) is 1.19. The number of ether oxygens (including phenoxy) is 6. The molecule has 8 rings (SSSR count). The van der Waals surface area contributed by atoms with E-state index in [1.54, 1.807) is 62.4 Å². The van der Waals surface area contributed by atoms with Gasteiger partial charge in [0.1, 0.15) is 29.5 Å². The molecule has 0 bridgehead atoms. The highest BCUT2D eigenvalue weighted by Gasteiger charge is 2.42. The average molecular weight is 1340 g/mol. The lowest BCUT2D eigenvalue weighted by molar-refractivity contribution is -0.119. The van der Waals surface area contributed by atoms with Crippen molar-refractivity contribution >= 4 is 78.1 Å². The first kappa shape index (κ1) is 70.0. The van der Waals surface area contributed by atoms with Crippen molar-refractivity contribution in [1.82, 2.24) is 25.2 Å². The molecule has 19 nitrogen and oxygen atoms in total. The van der Waals surface area contributed by atoms with Gasteiger partial charge in [0.05, 0.1) is 67.3 Å².